The van der Waals surface area contributed by atoms with Crippen LogP contribution < -0.4 is 10.6 Å². The molecule has 0 unspecified atom stereocenters. The van der Waals surface area contributed by atoms with E-state index in [1.807, 2.05) is 24.4 Å². The summed E-state index contributed by atoms with van der Waals surface area (Å²) in [4.78, 5) is 6.59. The highest BCUT2D eigenvalue weighted by Gasteiger charge is 2.05. The average Bonchev–Trinajstić information content (AvgIpc) is 2.35. The zero-order valence-electron chi connectivity index (χ0n) is 9.56. The van der Waals surface area contributed by atoms with Crippen LogP contribution in [0.1, 0.15) is 6.42 Å². The monoisotopic (exact) mass is 215 g/mol. The van der Waals surface area contributed by atoms with Crippen LogP contribution in [0.2, 0.25) is 0 Å². The Morgan fingerprint density at radius 3 is 2.88 bits per heavy atom. The Morgan fingerprint density at radius 1 is 1.25 bits per heavy atom. The Labute approximate surface area is 95.9 Å². The molecule has 0 aliphatic heterocycles. The molecule has 0 spiro atoms. The molecule has 3 heteroatoms. The summed E-state index contributed by atoms with van der Waals surface area (Å²) >= 11 is 0. The average molecular weight is 215 g/mol. The molecule has 0 radical (unpaired) electrons. The van der Waals surface area contributed by atoms with Crippen LogP contribution in [-0.4, -0.2) is 25.1 Å². The summed E-state index contributed by atoms with van der Waals surface area (Å²) in [5, 5.41) is 1.20. The van der Waals surface area contributed by atoms with Gasteiger partial charge in [0.25, 0.3) is 0 Å². The number of fused-ring (bicyclic) bond motifs is 1. The molecule has 0 saturated carbocycles. The Bertz CT molecular complexity index is 462. The van der Waals surface area contributed by atoms with Gasteiger partial charge in [-0.25, -0.2) is 0 Å². The number of nitrogens with two attached hydrogens (primary N) is 1. The molecule has 1 aromatic heterocycles. The maximum atomic E-state index is 5.53. The molecule has 84 valence electrons. The molecule has 1 aromatic carbocycles. The van der Waals surface area contributed by atoms with E-state index in [0.29, 0.717) is 0 Å². The van der Waals surface area contributed by atoms with Gasteiger partial charge in [0.2, 0.25) is 0 Å². The van der Waals surface area contributed by atoms with Crippen molar-refractivity contribution in [3.8, 4) is 0 Å². The van der Waals surface area contributed by atoms with Crippen molar-refractivity contribution in [2.24, 2.45) is 5.73 Å². The summed E-state index contributed by atoms with van der Waals surface area (Å²) < 4.78 is 0. The third-order valence-corrected chi connectivity index (χ3v) is 2.73. The molecular formula is C13H17N3. The Hall–Kier alpha value is -1.61. The smallest absolute Gasteiger partial charge is 0.0722 e. The number of para-hydroxylation sites is 1. The van der Waals surface area contributed by atoms with Crippen molar-refractivity contribution in [1.82, 2.24) is 4.98 Å². The van der Waals surface area contributed by atoms with Gasteiger partial charge in [0.15, 0.2) is 0 Å². The Morgan fingerprint density at radius 2 is 2.06 bits per heavy atom. The second kappa shape index (κ2) is 4.94. The largest absolute Gasteiger partial charge is 0.374 e. The second-order valence-electron chi connectivity index (χ2n) is 3.91. The minimum Gasteiger partial charge on any atom is -0.374 e. The molecule has 2 aromatic rings. The summed E-state index contributed by atoms with van der Waals surface area (Å²) in [6, 6.07) is 10.3. The predicted octanol–water partition coefficient (Wildman–Crippen LogP) is 2.02. The molecule has 1 heterocycles. The van der Waals surface area contributed by atoms with E-state index < -0.39 is 0 Å². The van der Waals surface area contributed by atoms with Gasteiger partial charge in [-0.05, 0) is 25.1 Å². The van der Waals surface area contributed by atoms with Crippen LogP contribution in [0, 0.1) is 0 Å². The fourth-order valence-corrected chi connectivity index (χ4v) is 1.86. The van der Waals surface area contributed by atoms with Gasteiger partial charge in [0.05, 0.1) is 5.52 Å². The maximum Gasteiger partial charge on any atom is 0.0722 e. The fraction of sp³-hybridized carbons (Fsp3) is 0.308. The first kappa shape index (κ1) is 10.9. The molecule has 2 rings (SSSR count). The van der Waals surface area contributed by atoms with Crippen LogP contribution >= 0.6 is 0 Å². The highest BCUT2D eigenvalue weighted by Crippen LogP contribution is 2.23. The number of benzene rings is 1. The number of anilines is 1. The van der Waals surface area contributed by atoms with Crippen LogP contribution in [0.25, 0.3) is 10.9 Å². The summed E-state index contributed by atoms with van der Waals surface area (Å²) in [5.41, 5.74) is 7.79. The minimum absolute atomic E-state index is 0.730. The molecule has 0 aliphatic carbocycles. The topological polar surface area (TPSA) is 42.1 Å². The zero-order valence-corrected chi connectivity index (χ0v) is 9.56. The van der Waals surface area contributed by atoms with Crippen molar-refractivity contribution >= 4 is 16.6 Å². The van der Waals surface area contributed by atoms with E-state index in [9.17, 15) is 0 Å². The SMILES string of the molecule is CN(CCCN)c1ccnc2ccccc12. The number of rotatable bonds is 4. The van der Waals surface area contributed by atoms with Crippen molar-refractivity contribution < 1.29 is 0 Å². The Kier molecular flexibility index (Phi) is 3.37. The van der Waals surface area contributed by atoms with Gasteiger partial charge < -0.3 is 10.6 Å². The summed E-state index contributed by atoms with van der Waals surface area (Å²) in [5.74, 6) is 0. The van der Waals surface area contributed by atoms with E-state index in [-0.39, 0.29) is 0 Å². The Balaban J connectivity index is 2.36. The van der Waals surface area contributed by atoms with Crippen LogP contribution in [0.5, 0.6) is 0 Å². The van der Waals surface area contributed by atoms with Gasteiger partial charge in [-0.2, -0.15) is 0 Å². The predicted molar refractivity (Wildman–Crippen MR) is 68.7 cm³/mol. The molecule has 0 bridgehead atoms. The van der Waals surface area contributed by atoms with E-state index in [1.54, 1.807) is 0 Å². The zero-order chi connectivity index (χ0) is 11.4. The number of aromatic nitrogens is 1. The lowest BCUT2D eigenvalue weighted by Crippen LogP contribution is -2.21. The van der Waals surface area contributed by atoms with Crippen LogP contribution in [0.4, 0.5) is 5.69 Å². The highest BCUT2D eigenvalue weighted by atomic mass is 15.1. The first-order valence-electron chi connectivity index (χ1n) is 5.58. The molecule has 3 nitrogen and oxygen atoms in total. The van der Waals surface area contributed by atoms with Gasteiger partial charge in [0, 0.05) is 30.9 Å². The molecule has 0 aliphatic rings. The van der Waals surface area contributed by atoms with E-state index in [4.69, 9.17) is 5.73 Å². The van der Waals surface area contributed by atoms with Crippen LogP contribution in [0.3, 0.4) is 0 Å². The van der Waals surface area contributed by atoms with Gasteiger partial charge >= 0.3 is 0 Å². The first-order valence-corrected chi connectivity index (χ1v) is 5.58. The number of nitrogens with zero attached hydrogens (tertiary/aromatic N) is 2. The standard InChI is InChI=1S/C13H17N3/c1-16(10-4-8-14)13-7-9-15-12-6-3-2-5-11(12)13/h2-3,5-7,9H,4,8,10,14H2,1H3. The van der Waals surface area contributed by atoms with Gasteiger partial charge in [-0.3, -0.25) is 4.98 Å². The third kappa shape index (κ3) is 2.14. The minimum atomic E-state index is 0.730. The van der Waals surface area contributed by atoms with E-state index in [2.05, 4.69) is 29.1 Å². The van der Waals surface area contributed by atoms with Gasteiger partial charge in [-0.15, -0.1) is 0 Å². The lowest BCUT2D eigenvalue weighted by Gasteiger charge is -2.20. The summed E-state index contributed by atoms with van der Waals surface area (Å²) in [7, 11) is 2.09. The first-order chi connectivity index (χ1) is 7.83. The lowest BCUT2D eigenvalue weighted by atomic mass is 10.1. The third-order valence-electron chi connectivity index (χ3n) is 2.73. The highest BCUT2D eigenvalue weighted by molar-refractivity contribution is 5.91. The molecule has 0 amide bonds. The molecule has 2 N–H and O–H groups in total. The van der Waals surface area contributed by atoms with E-state index in [0.717, 1.165) is 25.0 Å². The van der Waals surface area contributed by atoms with Gasteiger partial charge in [0.1, 0.15) is 0 Å². The normalized spacial score (nSPS) is 10.6. The number of pyridine rings is 1. The van der Waals surface area contributed by atoms with Crippen molar-refractivity contribution in [2.45, 2.75) is 6.42 Å². The van der Waals surface area contributed by atoms with Crippen molar-refractivity contribution in [3.05, 3.63) is 36.5 Å². The quantitative estimate of drug-likeness (QED) is 0.848. The summed E-state index contributed by atoms with van der Waals surface area (Å²) in [6.07, 6.45) is 2.86. The summed E-state index contributed by atoms with van der Waals surface area (Å²) in [6.45, 7) is 1.71. The fourth-order valence-electron chi connectivity index (χ4n) is 1.86. The van der Waals surface area contributed by atoms with Gasteiger partial charge in [-0.1, -0.05) is 18.2 Å². The molecule has 16 heavy (non-hydrogen) atoms. The van der Waals surface area contributed by atoms with Crippen LogP contribution in [-0.2, 0) is 0 Å². The van der Waals surface area contributed by atoms with E-state index >= 15 is 0 Å². The number of hydrogen-bond acceptors (Lipinski definition) is 3. The van der Waals surface area contributed by atoms with Crippen LogP contribution in [0.15, 0.2) is 36.5 Å². The number of hydrogen-bond donors (Lipinski definition) is 1. The lowest BCUT2D eigenvalue weighted by molar-refractivity contribution is 0.797. The van der Waals surface area contributed by atoms with Crippen molar-refractivity contribution in [2.75, 3.05) is 25.0 Å². The molecule has 0 saturated heterocycles. The molecule has 0 fully saturated rings. The molecule has 0 atom stereocenters. The van der Waals surface area contributed by atoms with E-state index in [1.165, 1.54) is 11.1 Å². The second-order valence-corrected chi connectivity index (χ2v) is 3.91. The molecular weight excluding hydrogens is 198 g/mol. The van der Waals surface area contributed by atoms with Crippen molar-refractivity contribution in [1.29, 1.82) is 0 Å². The van der Waals surface area contributed by atoms with Crippen molar-refractivity contribution in [3.63, 3.8) is 0 Å². The maximum absolute atomic E-state index is 5.53.